The summed E-state index contributed by atoms with van der Waals surface area (Å²) in [5.41, 5.74) is 0.564. The molecule has 1 heterocycles. The van der Waals surface area contributed by atoms with Gasteiger partial charge in [0, 0.05) is 12.0 Å². The molecule has 1 aliphatic heterocycles. The van der Waals surface area contributed by atoms with Crippen molar-refractivity contribution in [3.05, 3.63) is 23.3 Å². The van der Waals surface area contributed by atoms with Crippen molar-refractivity contribution >= 4 is 0 Å². The fourth-order valence-corrected chi connectivity index (χ4v) is 5.32. The largest absolute Gasteiger partial charge is 0.490 e. The van der Waals surface area contributed by atoms with Crippen LogP contribution in [0.2, 0.25) is 0 Å². The highest BCUT2D eigenvalue weighted by molar-refractivity contribution is 5.44. The van der Waals surface area contributed by atoms with Crippen molar-refractivity contribution in [1.29, 1.82) is 0 Å². The Morgan fingerprint density at radius 2 is 1.53 bits per heavy atom. The van der Waals surface area contributed by atoms with Crippen LogP contribution in [0.4, 0.5) is 8.78 Å². The summed E-state index contributed by atoms with van der Waals surface area (Å²) < 4.78 is 39.4. The quantitative estimate of drug-likeness (QED) is 0.588. The SMILES string of the molecule is CC.CC1CCC(C2CCC(COc3cc4c(c(F)c3F)OC(O)CC4)CC2)CC1. The molecule has 2 fully saturated rings. The Kier molecular flexibility index (Phi) is 8.38. The first-order chi connectivity index (χ1) is 14.5. The Morgan fingerprint density at radius 3 is 2.17 bits per heavy atom. The van der Waals surface area contributed by atoms with E-state index in [1.165, 1.54) is 44.6 Å². The van der Waals surface area contributed by atoms with Crippen LogP contribution in [0.1, 0.15) is 84.1 Å². The molecule has 1 atom stereocenters. The van der Waals surface area contributed by atoms with Gasteiger partial charge in [-0.2, -0.15) is 8.78 Å². The van der Waals surface area contributed by atoms with E-state index in [9.17, 15) is 13.9 Å². The molecule has 0 radical (unpaired) electrons. The summed E-state index contributed by atoms with van der Waals surface area (Å²) in [6.45, 7) is 6.80. The van der Waals surface area contributed by atoms with Crippen molar-refractivity contribution < 1.29 is 23.4 Å². The lowest BCUT2D eigenvalue weighted by Crippen LogP contribution is -2.27. The van der Waals surface area contributed by atoms with E-state index >= 15 is 0 Å². The number of aliphatic hydroxyl groups excluding tert-OH is 1. The molecule has 1 N–H and O–H groups in total. The highest BCUT2D eigenvalue weighted by atomic mass is 19.2. The fraction of sp³-hybridized carbons (Fsp3) is 0.760. The summed E-state index contributed by atoms with van der Waals surface area (Å²) in [6.07, 6.45) is 9.95. The third-order valence-corrected chi connectivity index (χ3v) is 7.21. The lowest BCUT2D eigenvalue weighted by molar-refractivity contribution is -0.0349. The minimum absolute atomic E-state index is 0.0281. The van der Waals surface area contributed by atoms with Crippen LogP contribution in [0.3, 0.4) is 0 Å². The van der Waals surface area contributed by atoms with Crippen molar-refractivity contribution in [3.8, 4) is 11.5 Å². The zero-order valence-electron chi connectivity index (χ0n) is 18.8. The minimum Gasteiger partial charge on any atom is -0.490 e. The second kappa shape index (κ2) is 10.8. The standard InChI is InChI=1S/C23H32F2O3.C2H6/c1-14-2-6-16(7-3-14)17-8-4-15(5-9-17)13-27-19-12-18-10-11-20(26)28-23(18)22(25)21(19)24;1-2/h12,14-17,20,26H,2-11,13H2,1H3;1-2H3. The van der Waals surface area contributed by atoms with Crippen LogP contribution >= 0.6 is 0 Å². The molecule has 2 aliphatic carbocycles. The van der Waals surface area contributed by atoms with E-state index in [0.29, 0.717) is 30.9 Å². The summed E-state index contributed by atoms with van der Waals surface area (Å²) >= 11 is 0. The van der Waals surface area contributed by atoms with Gasteiger partial charge in [-0.3, -0.25) is 0 Å². The second-order valence-electron chi connectivity index (χ2n) is 9.21. The van der Waals surface area contributed by atoms with Crippen LogP contribution in [0, 0.1) is 35.3 Å². The molecule has 4 rings (SSSR count). The summed E-state index contributed by atoms with van der Waals surface area (Å²) in [5, 5.41) is 9.50. The number of rotatable bonds is 4. The molecule has 3 nitrogen and oxygen atoms in total. The molecule has 0 amide bonds. The smallest absolute Gasteiger partial charge is 0.204 e. The van der Waals surface area contributed by atoms with E-state index in [1.54, 1.807) is 0 Å². The Bertz CT molecular complexity index is 677. The normalized spacial score (nSPS) is 31.1. The Morgan fingerprint density at radius 1 is 0.933 bits per heavy atom. The maximum atomic E-state index is 14.3. The number of ether oxygens (including phenoxy) is 2. The van der Waals surface area contributed by atoms with Crippen LogP contribution < -0.4 is 9.47 Å². The molecule has 5 heteroatoms. The second-order valence-corrected chi connectivity index (χ2v) is 9.21. The Labute approximate surface area is 180 Å². The molecule has 170 valence electrons. The van der Waals surface area contributed by atoms with Crippen molar-refractivity contribution in [2.45, 2.75) is 91.3 Å². The average molecular weight is 425 g/mol. The van der Waals surface area contributed by atoms with E-state index in [4.69, 9.17) is 9.47 Å². The van der Waals surface area contributed by atoms with E-state index in [-0.39, 0.29) is 11.5 Å². The van der Waals surface area contributed by atoms with Gasteiger partial charge in [-0.15, -0.1) is 0 Å². The van der Waals surface area contributed by atoms with Crippen molar-refractivity contribution in [2.75, 3.05) is 6.61 Å². The molecule has 3 aliphatic rings. The van der Waals surface area contributed by atoms with Gasteiger partial charge in [0.15, 0.2) is 17.8 Å². The van der Waals surface area contributed by atoms with Gasteiger partial charge in [0.2, 0.25) is 11.6 Å². The van der Waals surface area contributed by atoms with Gasteiger partial charge < -0.3 is 14.6 Å². The molecule has 0 spiro atoms. The first-order valence-electron chi connectivity index (χ1n) is 12.0. The maximum Gasteiger partial charge on any atom is 0.204 e. The molecule has 1 unspecified atom stereocenters. The molecular formula is C25H38F2O3. The number of hydrogen-bond donors (Lipinski definition) is 1. The van der Waals surface area contributed by atoms with E-state index in [2.05, 4.69) is 6.92 Å². The number of aliphatic hydroxyl groups is 1. The predicted octanol–water partition coefficient (Wildman–Crippen LogP) is 6.65. The monoisotopic (exact) mass is 424 g/mol. The van der Waals surface area contributed by atoms with Gasteiger partial charge in [0.25, 0.3) is 0 Å². The Hall–Kier alpha value is -1.36. The average Bonchev–Trinajstić information content (AvgIpc) is 2.78. The van der Waals surface area contributed by atoms with E-state index in [1.807, 2.05) is 13.8 Å². The number of benzene rings is 1. The summed E-state index contributed by atoms with van der Waals surface area (Å²) in [4.78, 5) is 0. The maximum absolute atomic E-state index is 14.3. The third-order valence-electron chi connectivity index (χ3n) is 7.21. The topological polar surface area (TPSA) is 38.7 Å². The zero-order valence-corrected chi connectivity index (χ0v) is 18.8. The predicted molar refractivity (Wildman–Crippen MR) is 115 cm³/mol. The van der Waals surface area contributed by atoms with Crippen molar-refractivity contribution in [3.63, 3.8) is 0 Å². The minimum atomic E-state index is -1.07. The molecule has 0 saturated heterocycles. The van der Waals surface area contributed by atoms with Crippen LogP contribution in [0.5, 0.6) is 11.5 Å². The highest BCUT2D eigenvalue weighted by Crippen LogP contribution is 2.42. The summed E-state index contributed by atoms with van der Waals surface area (Å²) in [5.74, 6) is 0.757. The lowest BCUT2D eigenvalue weighted by Gasteiger charge is -2.37. The van der Waals surface area contributed by atoms with Gasteiger partial charge in [0.1, 0.15) is 0 Å². The molecule has 1 aromatic carbocycles. The Balaban J connectivity index is 0.00000124. The summed E-state index contributed by atoms with van der Waals surface area (Å²) in [6, 6.07) is 1.54. The highest BCUT2D eigenvalue weighted by Gasteiger charge is 2.31. The molecular weight excluding hydrogens is 386 g/mol. The first-order valence-corrected chi connectivity index (χ1v) is 12.0. The lowest BCUT2D eigenvalue weighted by atomic mass is 9.69. The molecule has 1 aromatic rings. The van der Waals surface area contributed by atoms with Gasteiger partial charge in [0.05, 0.1) is 6.61 Å². The molecule has 0 aromatic heterocycles. The van der Waals surface area contributed by atoms with Crippen molar-refractivity contribution in [2.24, 2.45) is 23.7 Å². The van der Waals surface area contributed by atoms with Gasteiger partial charge in [-0.1, -0.05) is 33.6 Å². The van der Waals surface area contributed by atoms with Crippen LogP contribution in [-0.2, 0) is 6.42 Å². The van der Waals surface area contributed by atoms with Crippen molar-refractivity contribution in [1.82, 2.24) is 0 Å². The zero-order chi connectivity index (χ0) is 21.7. The molecule has 2 saturated carbocycles. The molecule has 0 bridgehead atoms. The van der Waals surface area contributed by atoms with Crippen LogP contribution in [0.25, 0.3) is 0 Å². The number of aryl methyl sites for hydroxylation is 1. The first kappa shape index (κ1) is 23.3. The van der Waals surface area contributed by atoms with Crippen LogP contribution in [0.15, 0.2) is 6.07 Å². The van der Waals surface area contributed by atoms with Gasteiger partial charge in [-0.25, -0.2) is 0 Å². The van der Waals surface area contributed by atoms with E-state index < -0.39 is 17.9 Å². The van der Waals surface area contributed by atoms with Gasteiger partial charge in [-0.05, 0) is 74.7 Å². The molecule has 30 heavy (non-hydrogen) atoms. The number of halogens is 2. The number of fused-ring (bicyclic) bond motifs is 1. The fourth-order valence-electron chi connectivity index (χ4n) is 5.32. The van der Waals surface area contributed by atoms with Gasteiger partial charge >= 0.3 is 0 Å². The van der Waals surface area contributed by atoms with Crippen LogP contribution in [-0.4, -0.2) is 18.0 Å². The van der Waals surface area contributed by atoms with E-state index in [0.717, 1.165) is 30.6 Å². The third kappa shape index (κ3) is 5.46. The summed E-state index contributed by atoms with van der Waals surface area (Å²) in [7, 11) is 0. The number of hydrogen-bond acceptors (Lipinski definition) is 3.